The molecule has 0 radical (unpaired) electrons. The van der Waals surface area contributed by atoms with Gasteiger partial charge >= 0.3 is 5.97 Å². The zero-order valence-electron chi connectivity index (χ0n) is 8.49. The van der Waals surface area contributed by atoms with Crippen LogP contribution in [-0.4, -0.2) is 23.5 Å². The molecule has 1 aromatic rings. The number of hydrogen-bond acceptors (Lipinski definition) is 4. The molecule has 1 fully saturated rings. The van der Waals surface area contributed by atoms with Crippen molar-refractivity contribution in [1.29, 1.82) is 0 Å². The second kappa shape index (κ2) is 3.75. The van der Waals surface area contributed by atoms with Gasteiger partial charge in [-0.2, -0.15) is 0 Å². The molecule has 0 spiro atoms. The lowest BCUT2D eigenvalue weighted by atomic mass is 9.92. The maximum absolute atomic E-state index is 11.7. The molecule has 0 bridgehead atoms. The summed E-state index contributed by atoms with van der Waals surface area (Å²) in [5.41, 5.74) is -0.646. The molecule has 1 N–H and O–H groups in total. The number of rotatable bonds is 1. The minimum Gasteiger partial charge on any atom is -0.454 e. The molecule has 0 saturated carbocycles. The molecule has 1 amide bonds. The molecule has 1 aliphatic heterocycles. The largest absolute Gasteiger partial charge is 0.454 e. The number of hydrogen-bond donors (Lipinski definition) is 1. The van der Waals surface area contributed by atoms with E-state index < -0.39 is 11.5 Å². The molecule has 0 aromatic carbocycles. The molecule has 84 valence electrons. The number of carbonyl (C=O) groups excluding carboxylic acids is 2. The average molecular weight is 241 g/mol. The smallest absolute Gasteiger partial charge is 0.336 e. The van der Waals surface area contributed by atoms with Gasteiger partial charge in [-0.1, -0.05) is 11.6 Å². The quantitative estimate of drug-likeness (QED) is 0.577. The van der Waals surface area contributed by atoms with Crippen LogP contribution in [0.3, 0.4) is 0 Å². The Morgan fingerprint density at radius 3 is 3.00 bits per heavy atom. The standard InChI is InChI=1S/C10H9ClN2O3/c1-10(6-2-3-12-7(11)4-6)9(15)16-5-8(14)13-10/h2-4H,5H2,1H3,(H,13,14). The summed E-state index contributed by atoms with van der Waals surface area (Å²) in [6, 6.07) is 3.13. The third-order valence-electron chi connectivity index (χ3n) is 2.44. The lowest BCUT2D eigenvalue weighted by Crippen LogP contribution is -2.56. The van der Waals surface area contributed by atoms with Gasteiger partial charge in [-0.15, -0.1) is 0 Å². The highest BCUT2D eigenvalue weighted by molar-refractivity contribution is 6.29. The van der Waals surface area contributed by atoms with Crippen molar-refractivity contribution in [3.63, 3.8) is 0 Å². The number of pyridine rings is 1. The molecule has 5 nitrogen and oxygen atoms in total. The second-order valence-corrected chi connectivity index (χ2v) is 4.00. The Morgan fingerprint density at radius 1 is 1.56 bits per heavy atom. The van der Waals surface area contributed by atoms with Crippen molar-refractivity contribution in [2.45, 2.75) is 12.5 Å². The van der Waals surface area contributed by atoms with E-state index in [4.69, 9.17) is 16.3 Å². The zero-order chi connectivity index (χ0) is 11.8. The predicted molar refractivity (Wildman–Crippen MR) is 55.7 cm³/mol. The normalized spacial score (nSPS) is 24.9. The fraction of sp³-hybridized carbons (Fsp3) is 0.300. The summed E-state index contributed by atoms with van der Waals surface area (Å²) >= 11 is 5.73. The third kappa shape index (κ3) is 1.74. The Hall–Kier alpha value is -1.62. The van der Waals surface area contributed by atoms with E-state index in [1.54, 1.807) is 13.0 Å². The highest BCUT2D eigenvalue weighted by atomic mass is 35.5. The number of amides is 1. The van der Waals surface area contributed by atoms with Gasteiger partial charge in [0.25, 0.3) is 5.91 Å². The Bertz CT molecular complexity index is 463. The maximum Gasteiger partial charge on any atom is 0.336 e. The van der Waals surface area contributed by atoms with E-state index in [-0.39, 0.29) is 17.7 Å². The number of morpholine rings is 1. The number of ether oxygens (including phenoxy) is 1. The molecule has 1 aliphatic rings. The number of carbonyl (C=O) groups is 2. The molecular formula is C10H9ClN2O3. The Labute approximate surface area is 96.8 Å². The van der Waals surface area contributed by atoms with Crippen LogP contribution in [0.5, 0.6) is 0 Å². The molecule has 1 atom stereocenters. The van der Waals surface area contributed by atoms with Gasteiger partial charge < -0.3 is 10.1 Å². The van der Waals surface area contributed by atoms with Crippen molar-refractivity contribution < 1.29 is 14.3 Å². The van der Waals surface area contributed by atoms with Crippen LogP contribution in [0.25, 0.3) is 0 Å². The van der Waals surface area contributed by atoms with E-state index in [0.717, 1.165) is 0 Å². The highest BCUT2D eigenvalue weighted by Gasteiger charge is 2.42. The molecule has 6 heteroatoms. The number of nitrogens with zero attached hydrogens (tertiary/aromatic N) is 1. The molecule has 1 saturated heterocycles. The van der Waals surface area contributed by atoms with Crippen LogP contribution < -0.4 is 5.32 Å². The zero-order valence-corrected chi connectivity index (χ0v) is 9.25. The van der Waals surface area contributed by atoms with Crippen LogP contribution >= 0.6 is 11.6 Å². The van der Waals surface area contributed by atoms with Crippen LogP contribution in [0.4, 0.5) is 0 Å². The fourth-order valence-corrected chi connectivity index (χ4v) is 1.72. The lowest BCUT2D eigenvalue weighted by Gasteiger charge is -2.32. The van der Waals surface area contributed by atoms with E-state index >= 15 is 0 Å². The van der Waals surface area contributed by atoms with Crippen LogP contribution in [-0.2, 0) is 19.9 Å². The lowest BCUT2D eigenvalue weighted by molar-refractivity contribution is -0.163. The van der Waals surface area contributed by atoms with Crippen LogP contribution in [0.15, 0.2) is 18.3 Å². The van der Waals surface area contributed by atoms with E-state index in [2.05, 4.69) is 10.3 Å². The summed E-state index contributed by atoms with van der Waals surface area (Å²) in [5.74, 6) is -0.843. The molecule has 0 aliphatic carbocycles. The van der Waals surface area contributed by atoms with E-state index in [9.17, 15) is 9.59 Å². The van der Waals surface area contributed by atoms with Crippen LogP contribution in [0.2, 0.25) is 5.15 Å². The van der Waals surface area contributed by atoms with Gasteiger partial charge in [0, 0.05) is 6.20 Å². The molecule has 16 heavy (non-hydrogen) atoms. The first-order valence-electron chi connectivity index (χ1n) is 4.62. The predicted octanol–water partition coefficient (Wildman–Crippen LogP) is 0.623. The Morgan fingerprint density at radius 2 is 2.31 bits per heavy atom. The van der Waals surface area contributed by atoms with Gasteiger partial charge in [-0.25, -0.2) is 9.78 Å². The summed E-state index contributed by atoms with van der Waals surface area (Å²) in [6.45, 7) is 1.32. The molecular weight excluding hydrogens is 232 g/mol. The first-order valence-corrected chi connectivity index (χ1v) is 5.00. The van der Waals surface area contributed by atoms with E-state index in [0.29, 0.717) is 5.56 Å². The molecule has 1 aromatic heterocycles. The monoisotopic (exact) mass is 240 g/mol. The fourth-order valence-electron chi connectivity index (χ4n) is 1.54. The van der Waals surface area contributed by atoms with Crippen molar-refractivity contribution in [3.05, 3.63) is 29.0 Å². The summed E-state index contributed by atoms with van der Waals surface area (Å²) < 4.78 is 4.79. The van der Waals surface area contributed by atoms with Gasteiger partial charge in [-0.05, 0) is 24.6 Å². The number of halogens is 1. The number of nitrogens with one attached hydrogen (secondary N) is 1. The van der Waals surface area contributed by atoms with E-state index in [1.807, 2.05) is 0 Å². The third-order valence-corrected chi connectivity index (χ3v) is 2.64. The van der Waals surface area contributed by atoms with Gasteiger partial charge in [0.05, 0.1) is 0 Å². The number of esters is 1. The van der Waals surface area contributed by atoms with E-state index in [1.165, 1.54) is 12.3 Å². The summed E-state index contributed by atoms with van der Waals surface area (Å²) in [6.07, 6.45) is 1.47. The summed E-state index contributed by atoms with van der Waals surface area (Å²) in [4.78, 5) is 26.7. The van der Waals surface area contributed by atoms with Crippen LogP contribution in [0.1, 0.15) is 12.5 Å². The molecule has 2 heterocycles. The van der Waals surface area contributed by atoms with Crippen molar-refractivity contribution in [3.8, 4) is 0 Å². The van der Waals surface area contributed by atoms with Gasteiger partial charge in [-0.3, -0.25) is 4.79 Å². The molecule has 1 unspecified atom stereocenters. The minimum atomic E-state index is -1.19. The summed E-state index contributed by atoms with van der Waals surface area (Å²) in [5, 5.41) is 2.84. The number of cyclic esters (lactones) is 1. The topological polar surface area (TPSA) is 68.3 Å². The van der Waals surface area contributed by atoms with Crippen molar-refractivity contribution in [2.75, 3.05) is 6.61 Å². The minimum absolute atomic E-state index is 0.243. The van der Waals surface area contributed by atoms with Crippen LogP contribution in [0, 0.1) is 0 Å². The average Bonchev–Trinajstić information content (AvgIpc) is 2.24. The van der Waals surface area contributed by atoms with Gasteiger partial charge in [0.2, 0.25) is 0 Å². The van der Waals surface area contributed by atoms with Crippen molar-refractivity contribution in [1.82, 2.24) is 10.3 Å². The summed E-state index contributed by atoms with van der Waals surface area (Å²) in [7, 11) is 0. The van der Waals surface area contributed by atoms with Crippen molar-refractivity contribution >= 4 is 23.5 Å². The maximum atomic E-state index is 11.7. The SMILES string of the molecule is CC1(c2ccnc(Cl)c2)NC(=O)COC1=O. The highest BCUT2D eigenvalue weighted by Crippen LogP contribution is 2.25. The van der Waals surface area contributed by atoms with Gasteiger partial charge in [0.1, 0.15) is 5.15 Å². The molecule has 2 rings (SSSR count). The van der Waals surface area contributed by atoms with Gasteiger partial charge in [0.15, 0.2) is 12.1 Å². The first kappa shape index (κ1) is 10.9. The Kier molecular flexibility index (Phi) is 2.55. The first-order chi connectivity index (χ1) is 7.52. The Balaban J connectivity index is 2.43. The second-order valence-electron chi connectivity index (χ2n) is 3.62. The van der Waals surface area contributed by atoms with Crippen molar-refractivity contribution in [2.24, 2.45) is 0 Å². The number of aromatic nitrogens is 1.